The number of aliphatic hydroxyl groups excluding tert-OH is 1. The first-order valence-electron chi connectivity index (χ1n) is 9.46. The van der Waals surface area contributed by atoms with Crippen LogP contribution in [0, 0.1) is 0 Å². The Bertz CT molecular complexity index is 763. The summed E-state index contributed by atoms with van der Waals surface area (Å²) >= 11 is 3.43. The van der Waals surface area contributed by atoms with Gasteiger partial charge in [0.15, 0.2) is 5.16 Å². The van der Waals surface area contributed by atoms with E-state index in [1.54, 1.807) is 30.0 Å². The summed E-state index contributed by atoms with van der Waals surface area (Å²) in [6, 6.07) is 0. The monoisotopic (exact) mass is 395 g/mol. The Balaban J connectivity index is 2.01. The second-order valence-corrected chi connectivity index (χ2v) is 9.39. The highest BCUT2D eigenvalue weighted by Crippen LogP contribution is 2.42. The van der Waals surface area contributed by atoms with Crippen LogP contribution in [0.2, 0.25) is 0 Å². The van der Waals surface area contributed by atoms with Gasteiger partial charge < -0.3 is 15.2 Å². The van der Waals surface area contributed by atoms with Gasteiger partial charge in [-0.1, -0.05) is 32.0 Å². The number of hydrogen-bond donors (Lipinski definition) is 2. The number of aromatic nitrogens is 2. The topological polar surface area (TPSA) is 67.3 Å². The number of unbranched alkanes of at least 4 members (excludes halogenated alkanes) is 1. The number of rotatable bonds is 8. The molecule has 0 unspecified atom stereocenters. The standard InChI is InChI=1S/C19H29N3O2S2/c1-5-7-8-25-18-21-16(20-10-12(3)23)15-13-9-19(4,6-2)24-11-14(13)26-17(15)22-18/h12,23H,5-11H2,1-4H3,(H,20,21,22)/t12-,19+/m1/s1. The molecular formula is C19H29N3O2S2. The molecule has 0 saturated carbocycles. The SMILES string of the molecule is CCCCSc1nc(NC[C@@H](C)O)c2c3c(sc2n1)CO[C@@](C)(CC)C3. The smallest absolute Gasteiger partial charge is 0.190 e. The van der Waals surface area contributed by atoms with Gasteiger partial charge in [0, 0.05) is 23.6 Å². The zero-order chi connectivity index (χ0) is 18.7. The van der Waals surface area contributed by atoms with E-state index in [-0.39, 0.29) is 5.60 Å². The molecule has 1 aliphatic heterocycles. The van der Waals surface area contributed by atoms with Gasteiger partial charge in [0.25, 0.3) is 0 Å². The summed E-state index contributed by atoms with van der Waals surface area (Å²) in [6.07, 6.45) is 3.77. The molecule has 0 saturated heterocycles. The normalized spacial score (nSPS) is 21.0. The molecular weight excluding hydrogens is 366 g/mol. The van der Waals surface area contributed by atoms with Gasteiger partial charge in [0.05, 0.1) is 23.7 Å². The van der Waals surface area contributed by atoms with E-state index in [9.17, 15) is 5.11 Å². The van der Waals surface area contributed by atoms with Crippen LogP contribution in [0.3, 0.4) is 0 Å². The predicted molar refractivity (Wildman–Crippen MR) is 110 cm³/mol. The molecule has 2 atom stereocenters. The van der Waals surface area contributed by atoms with Crippen molar-refractivity contribution in [2.75, 3.05) is 17.6 Å². The van der Waals surface area contributed by atoms with E-state index in [0.29, 0.717) is 13.2 Å². The van der Waals surface area contributed by atoms with Gasteiger partial charge >= 0.3 is 0 Å². The minimum Gasteiger partial charge on any atom is -0.392 e. The number of thioether (sulfide) groups is 1. The second kappa shape index (κ2) is 8.42. The predicted octanol–water partition coefficient (Wildman–Crippen LogP) is 4.62. The number of ether oxygens (including phenoxy) is 1. The molecule has 26 heavy (non-hydrogen) atoms. The molecule has 3 heterocycles. The van der Waals surface area contributed by atoms with Crippen molar-refractivity contribution in [3.05, 3.63) is 10.4 Å². The molecule has 0 aromatic carbocycles. The number of nitrogens with one attached hydrogen (secondary N) is 1. The van der Waals surface area contributed by atoms with Gasteiger partial charge in [-0.15, -0.1) is 11.3 Å². The molecule has 2 aromatic rings. The van der Waals surface area contributed by atoms with Gasteiger partial charge in [-0.25, -0.2) is 9.97 Å². The lowest BCUT2D eigenvalue weighted by molar-refractivity contribution is -0.0542. The maximum atomic E-state index is 9.71. The van der Waals surface area contributed by atoms with E-state index in [0.717, 1.165) is 46.2 Å². The van der Waals surface area contributed by atoms with E-state index in [1.807, 2.05) is 0 Å². The first-order valence-corrected chi connectivity index (χ1v) is 11.3. The fraction of sp³-hybridized carbons (Fsp3) is 0.684. The summed E-state index contributed by atoms with van der Waals surface area (Å²) in [5.41, 5.74) is 1.19. The largest absolute Gasteiger partial charge is 0.392 e. The van der Waals surface area contributed by atoms with Crippen molar-refractivity contribution in [1.29, 1.82) is 0 Å². The van der Waals surface area contributed by atoms with Crippen molar-refractivity contribution in [1.82, 2.24) is 9.97 Å². The molecule has 5 nitrogen and oxygen atoms in total. The Morgan fingerprint density at radius 1 is 1.38 bits per heavy atom. The molecule has 3 rings (SSSR count). The van der Waals surface area contributed by atoms with Gasteiger partial charge in [-0.05, 0) is 32.3 Å². The number of hydrogen-bond acceptors (Lipinski definition) is 7. The summed E-state index contributed by atoms with van der Waals surface area (Å²) in [6.45, 7) is 9.46. The fourth-order valence-corrected chi connectivity index (χ4v) is 5.11. The van der Waals surface area contributed by atoms with Crippen molar-refractivity contribution >= 4 is 39.1 Å². The molecule has 0 spiro atoms. The third-order valence-electron chi connectivity index (χ3n) is 4.86. The van der Waals surface area contributed by atoms with Crippen molar-refractivity contribution in [2.45, 2.75) is 76.8 Å². The lowest BCUT2D eigenvalue weighted by Crippen LogP contribution is -2.34. The molecule has 0 aliphatic carbocycles. The highest BCUT2D eigenvalue weighted by molar-refractivity contribution is 7.99. The Morgan fingerprint density at radius 3 is 2.88 bits per heavy atom. The van der Waals surface area contributed by atoms with E-state index in [4.69, 9.17) is 14.7 Å². The second-order valence-electron chi connectivity index (χ2n) is 7.24. The Kier molecular flexibility index (Phi) is 6.43. The molecule has 0 fully saturated rings. The first-order chi connectivity index (χ1) is 12.5. The number of anilines is 1. The summed E-state index contributed by atoms with van der Waals surface area (Å²) in [7, 11) is 0. The van der Waals surface area contributed by atoms with Gasteiger partial charge in [-0.2, -0.15) is 0 Å². The minimum absolute atomic E-state index is 0.128. The summed E-state index contributed by atoms with van der Waals surface area (Å²) < 4.78 is 6.12. The minimum atomic E-state index is -0.421. The average molecular weight is 396 g/mol. The Hall–Kier alpha value is -0.890. The van der Waals surface area contributed by atoms with Gasteiger partial charge in [0.2, 0.25) is 0 Å². The van der Waals surface area contributed by atoms with Crippen LogP contribution in [0.15, 0.2) is 5.16 Å². The lowest BCUT2D eigenvalue weighted by Gasteiger charge is -2.33. The maximum Gasteiger partial charge on any atom is 0.190 e. The maximum absolute atomic E-state index is 9.71. The Labute approximate surface area is 164 Å². The molecule has 2 N–H and O–H groups in total. The van der Waals surface area contributed by atoms with Crippen LogP contribution in [0.5, 0.6) is 0 Å². The molecule has 144 valence electrons. The number of fused-ring (bicyclic) bond motifs is 3. The molecule has 0 radical (unpaired) electrons. The molecule has 7 heteroatoms. The summed E-state index contributed by atoms with van der Waals surface area (Å²) in [5.74, 6) is 1.88. The zero-order valence-electron chi connectivity index (χ0n) is 16.1. The van der Waals surface area contributed by atoms with Crippen molar-refractivity contribution in [3.63, 3.8) is 0 Å². The Morgan fingerprint density at radius 2 is 2.19 bits per heavy atom. The molecule has 0 amide bonds. The zero-order valence-corrected chi connectivity index (χ0v) is 17.7. The van der Waals surface area contributed by atoms with E-state index >= 15 is 0 Å². The quantitative estimate of drug-likeness (QED) is 0.386. The van der Waals surface area contributed by atoms with E-state index in [1.165, 1.54) is 16.9 Å². The molecule has 1 aliphatic rings. The van der Waals surface area contributed by atoms with Gasteiger partial charge in [0.1, 0.15) is 10.6 Å². The van der Waals surface area contributed by atoms with Crippen LogP contribution in [-0.4, -0.2) is 39.1 Å². The van der Waals surface area contributed by atoms with Crippen molar-refractivity contribution in [2.24, 2.45) is 0 Å². The van der Waals surface area contributed by atoms with E-state index < -0.39 is 6.10 Å². The fourth-order valence-electron chi connectivity index (χ4n) is 3.02. The van der Waals surface area contributed by atoms with Crippen LogP contribution < -0.4 is 5.32 Å². The number of aliphatic hydroxyl groups is 1. The number of nitrogens with zero attached hydrogens (tertiary/aromatic N) is 2. The van der Waals surface area contributed by atoms with Crippen LogP contribution in [-0.2, 0) is 17.8 Å². The van der Waals surface area contributed by atoms with Crippen molar-refractivity contribution < 1.29 is 9.84 Å². The van der Waals surface area contributed by atoms with E-state index in [2.05, 4.69) is 26.1 Å². The van der Waals surface area contributed by atoms with Crippen LogP contribution >= 0.6 is 23.1 Å². The highest BCUT2D eigenvalue weighted by atomic mass is 32.2. The molecule has 0 bridgehead atoms. The average Bonchev–Trinajstić information content (AvgIpc) is 2.97. The van der Waals surface area contributed by atoms with Crippen LogP contribution in [0.25, 0.3) is 10.2 Å². The molecule has 2 aromatic heterocycles. The third kappa shape index (κ3) is 4.32. The summed E-state index contributed by atoms with van der Waals surface area (Å²) in [5, 5.41) is 15.0. The van der Waals surface area contributed by atoms with Crippen LogP contribution in [0.1, 0.15) is 57.4 Å². The van der Waals surface area contributed by atoms with Crippen LogP contribution in [0.4, 0.5) is 5.82 Å². The third-order valence-corrected chi connectivity index (χ3v) is 6.89. The lowest BCUT2D eigenvalue weighted by atomic mass is 9.90. The van der Waals surface area contributed by atoms with Crippen molar-refractivity contribution in [3.8, 4) is 0 Å². The summed E-state index contributed by atoms with van der Waals surface area (Å²) in [4.78, 5) is 11.9. The number of thiophene rings is 1. The van der Waals surface area contributed by atoms with Gasteiger partial charge in [-0.3, -0.25) is 0 Å². The highest BCUT2D eigenvalue weighted by Gasteiger charge is 2.33. The first kappa shape index (κ1) is 19.9.